The first-order valence-electron chi connectivity index (χ1n) is 7.55. The highest BCUT2D eigenvalue weighted by Gasteiger charge is 2.07. The smallest absolute Gasteiger partial charge is 0.303 e. The number of aromatic nitrogens is 1. The van der Waals surface area contributed by atoms with Gasteiger partial charge in [0, 0.05) is 30.4 Å². The van der Waals surface area contributed by atoms with Gasteiger partial charge in [-0.05, 0) is 49.1 Å². The van der Waals surface area contributed by atoms with Crippen molar-refractivity contribution < 1.29 is 14.6 Å². The molecule has 0 radical (unpaired) electrons. The number of carboxylic acid groups (broad SMARTS) is 1. The maximum absolute atomic E-state index is 10.7. The molecule has 0 aliphatic heterocycles. The van der Waals surface area contributed by atoms with E-state index in [0.29, 0.717) is 18.8 Å². The van der Waals surface area contributed by atoms with Crippen LogP contribution in [0.5, 0.6) is 5.88 Å². The van der Waals surface area contributed by atoms with Crippen molar-refractivity contribution in [2.75, 3.05) is 12.4 Å². The number of methoxy groups -OCH3 is 1. The Morgan fingerprint density at radius 1 is 1.30 bits per heavy atom. The van der Waals surface area contributed by atoms with E-state index in [4.69, 9.17) is 9.84 Å². The van der Waals surface area contributed by atoms with Crippen LogP contribution in [0.2, 0.25) is 0 Å². The molecular weight excluding hydrogens is 292 g/mol. The van der Waals surface area contributed by atoms with Crippen molar-refractivity contribution in [3.05, 3.63) is 52.7 Å². The molecule has 1 heterocycles. The van der Waals surface area contributed by atoms with Gasteiger partial charge in [0.2, 0.25) is 5.88 Å². The van der Waals surface area contributed by atoms with E-state index in [1.165, 1.54) is 0 Å². The van der Waals surface area contributed by atoms with Crippen LogP contribution in [0.25, 0.3) is 0 Å². The minimum absolute atomic E-state index is 0.143. The van der Waals surface area contributed by atoms with Crippen LogP contribution in [-0.2, 0) is 17.8 Å². The minimum atomic E-state index is -0.779. The third-order valence-electron chi connectivity index (χ3n) is 3.76. The van der Waals surface area contributed by atoms with Gasteiger partial charge in [0.1, 0.15) is 0 Å². The fourth-order valence-corrected chi connectivity index (χ4v) is 2.47. The SMILES string of the molecule is COc1cc(C)c(CNc2cccc(CCC(=O)O)c2)c(C)n1. The second kappa shape index (κ2) is 7.63. The molecule has 0 amide bonds. The zero-order valence-electron chi connectivity index (χ0n) is 13.7. The van der Waals surface area contributed by atoms with Crippen molar-refractivity contribution in [3.8, 4) is 5.88 Å². The summed E-state index contributed by atoms with van der Waals surface area (Å²) in [4.78, 5) is 15.1. The van der Waals surface area contributed by atoms with Gasteiger partial charge in [-0.25, -0.2) is 4.98 Å². The molecule has 2 aromatic rings. The zero-order chi connectivity index (χ0) is 16.8. The Hall–Kier alpha value is -2.56. The van der Waals surface area contributed by atoms with Crippen LogP contribution in [-0.4, -0.2) is 23.2 Å². The number of anilines is 1. The van der Waals surface area contributed by atoms with Gasteiger partial charge in [0.15, 0.2) is 0 Å². The van der Waals surface area contributed by atoms with Crippen molar-refractivity contribution in [2.45, 2.75) is 33.2 Å². The summed E-state index contributed by atoms with van der Waals surface area (Å²) in [5, 5.41) is 12.1. The number of aliphatic carboxylic acids is 1. The van der Waals surface area contributed by atoms with E-state index in [1.807, 2.05) is 44.2 Å². The van der Waals surface area contributed by atoms with Gasteiger partial charge in [0.05, 0.1) is 7.11 Å². The number of pyridine rings is 1. The molecule has 23 heavy (non-hydrogen) atoms. The number of nitrogens with one attached hydrogen (secondary N) is 1. The zero-order valence-corrected chi connectivity index (χ0v) is 13.7. The van der Waals surface area contributed by atoms with Crippen LogP contribution in [0.3, 0.4) is 0 Å². The Morgan fingerprint density at radius 2 is 2.09 bits per heavy atom. The van der Waals surface area contributed by atoms with Crippen LogP contribution in [0.4, 0.5) is 5.69 Å². The lowest BCUT2D eigenvalue weighted by Gasteiger charge is -2.13. The van der Waals surface area contributed by atoms with E-state index in [9.17, 15) is 4.79 Å². The number of aryl methyl sites for hydroxylation is 3. The van der Waals surface area contributed by atoms with Crippen molar-refractivity contribution in [3.63, 3.8) is 0 Å². The molecule has 0 aliphatic rings. The van der Waals surface area contributed by atoms with Gasteiger partial charge in [-0.15, -0.1) is 0 Å². The molecule has 0 saturated heterocycles. The largest absolute Gasteiger partial charge is 0.481 e. The number of rotatable bonds is 7. The van der Waals surface area contributed by atoms with E-state index in [2.05, 4.69) is 10.3 Å². The average molecular weight is 314 g/mol. The molecule has 5 nitrogen and oxygen atoms in total. The van der Waals surface area contributed by atoms with E-state index >= 15 is 0 Å². The van der Waals surface area contributed by atoms with Crippen LogP contribution in [0.1, 0.15) is 28.8 Å². The molecule has 1 aromatic carbocycles. The number of nitrogens with zero attached hydrogens (tertiary/aromatic N) is 1. The minimum Gasteiger partial charge on any atom is -0.481 e. The maximum Gasteiger partial charge on any atom is 0.303 e. The van der Waals surface area contributed by atoms with E-state index in [0.717, 1.165) is 28.1 Å². The predicted molar refractivity (Wildman–Crippen MR) is 90.0 cm³/mol. The highest BCUT2D eigenvalue weighted by Crippen LogP contribution is 2.20. The number of carboxylic acids is 1. The quantitative estimate of drug-likeness (QED) is 0.820. The normalized spacial score (nSPS) is 10.4. The van der Waals surface area contributed by atoms with Crippen LogP contribution in [0.15, 0.2) is 30.3 Å². The molecule has 0 atom stereocenters. The summed E-state index contributed by atoms with van der Waals surface area (Å²) in [6, 6.07) is 9.77. The number of hydrogen-bond acceptors (Lipinski definition) is 4. The van der Waals surface area contributed by atoms with Crippen molar-refractivity contribution in [2.24, 2.45) is 0 Å². The topological polar surface area (TPSA) is 71.5 Å². The first-order valence-corrected chi connectivity index (χ1v) is 7.55. The molecule has 0 unspecified atom stereocenters. The van der Waals surface area contributed by atoms with Crippen LogP contribution in [0, 0.1) is 13.8 Å². The molecule has 5 heteroatoms. The molecule has 2 rings (SSSR count). The summed E-state index contributed by atoms with van der Waals surface area (Å²) in [5.74, 6) is -0.154. The molecule has 0 aliphatic carbocycles. The highest BCUT2D eigenvalue weighted by atomic mass is 16.5. The second-order valence-electron chi connectivity index (χ2n) is 5.49. The Bertz CT molecular complexity index is 675. The Labute approximate surface area is 136 Å². The van der Waals surface area contributed by atoms with E-state index in [-0.39, 0.29) is 6.42 Å². The fraction of sp³-hybridized carbons (Fsp3) is 0.333. The highest BCUT2D eigenvalue weighted by molar-refractivity contribution is 5.67. The van der Waals surface area contributed by atoms with Crippen LogP contribution < -0.4 is 10.1 Å². The Balaban J connectivity index is 2.06. The molecule has 0 saturated carbocycles. The first kappa shape index (κ1) is 16.8. The molecule has 2 N–H and O–H groups in total. The van der Waals surface area contributed by atoms with Gasteiger partial charge in [0.25, 0.3) is 0 Å². The number of hydrogen-bond donors (Lipinski definition) is 2. The summed E-state index contributed by atoms with van der Waals surface area (Å²) in [6.07, 6.45) is 0.678. The standard InChI is InChI=1S/C18H22N2O3/c1-12-9-17(23-3)20-13(2)16(12)11-19-15-6-4-5-14(10-15)7-8-18(21)22/h4-6,9-10,19H,7-8,11H2,1-3H3,(H,21,22). The molecule has 1 aromatic heterocycles. The lowest BCUT2D eigenvalue weighted by atomic mass is 10.1. The molecule has 0 bridgehead atoms. The maximum atomic E-state index is 10.7. The lowest BCUT2D eigenvalue weighted by Crippen LogP contribution is -2.06. The van der Waals surface area contributed by atoms with Crippen LogP contribution >= 0.6 is 0 Å². The third-order valence-corrected chi connectivity index (χ3v) is 3.76. The monoisotopic (exact) mass is 314 g/mol. The molecular formula is C18H22N2O3. The summed E-state index contributed by atoms with van der Waals surface area (Å²) >= 11 is 0. The summed E-state index contributed by atoms with van der Waals surface area (Å²) in [5.41, 5.74) is 5.20. The van der Waals surface area contributed by atoms with E-state index in [1.54, 1.807) is 7.11 Å². The first-order chi connectivity index (χ1) is 11.0. The fourth-order valence-electron chi connectivity index (χ4n) is 2.47. The van der Waals surface area contributed by atoms with Crippen molar-refractivity contribution in [1.82, 2.24) is 4.98 Å². The van der Waals surface area contributed by atoms with Crippen molar-refractivity contribution >= 4 is 11.7 Å². The van der Waals surface area contributed by atoms with Gasteiger partial charge in [-0.1, -0.05) is 12.1 Å². The predicted octanol–water partition coefficient (Wildman–Crippen LogP) is 3.34. The number of carbonyl (C=O) groups is 1. The Morgan fingerprint density at radius 3 is 2.74 bits per heavy atom. The van der Waals surface area contributed by atoms with Gasteiger partial charge < -0.3 is 15.2 Å². The van der Waals surface area contributed by atoms with Gasteiger partial charge in [-0.3, -0.25) is 4.79 Å². The average Bonchev–Trinajstić information content (AvgIpc) is 2.52. The van der Waals surface area contributed by atoms with Crippen molar-refractivity contribution in [1.29, 1.82) is 0 Å². The summed E-state index contributed by atoms with van der Waals surface area (Å²) in [7, 11) is 1.61. The van der Waals surface area contributed by atoms with Gasteiger partial charge in [-0.2, -0.15) is 0 Å². The number of benzene rings is 1. The van der Waals surface area contributed by atoms with Gasteiger partial charge >= 0.3 is 5.97 Å². The summed E-state index contributed by atoms with van der Waals surface area (Å²) in [6.45, 7) is 4.67. The molecule has 122 valence electrons. The third kappa shape index (κ3) is 4.71. The van der Waals surface area contributed by atoms with E-state index < -0.39 is 5.97 Å². The number of ether oxygens (including phenoxy) is 1. The molecule has 0 spiro atoms. The second-order valence-corrected chi connectivity index (χ2v) is 5.49. The summed E-state index contributed by atoms with van der Waals surface area (Å²) < 4.78 is 5.18. The Kier molecular flexibility index (Phi) is 5.57. The molecule has 0 fully saturated rings. The lowest BCUT2D eigenvalue weighted by molar-refractivity contribution is -0.136.